The standard InChI is InChI=1S/C13H16O3/c1-9(16-11(3)15)8-12-6-4-5-7-13(12)10(2)14/h4-7,9H,8H2,1-3H3. The molecule has 86 valence electrons. The van der Waals surface area contributed by atoms with E-state index < -0.39 is 0 Å². The summed E-state index contributed by atoms with van der Waals surface area (Å²) in [6.45, 7) is 4.74. The number of esters is 1. The van der Waals surface area contributed by atoms with Crippen molar-refractivity contribution in [1.29, 1.82) is 0 Å². The van der Waals surface area contributed by atoms with E-state index in [1.54, 1.807) is 6.07 Å². The Morgan fingerprint density at radius 1 is 1.25 bits per heavy atom. The van der Waals surface area contributed by atoms with Gasteiger partial charge < -0.3 is 4.74 Å². The largest absolute Gasteiger partial charge is 0.463 e. The second-order valence-corrected chi connectivity index (χ2v) is 3.84. The summed E-state index contributed by atoms with van der Waals surface area (Å²) in [4.78, 5) is 22.1. The highest BCUT2D eigenvalue weighted by atomic mass is 16.5. The molecule has 0 aliphatic rings. The second kappa shape index (κ2) is 5.45. The van der Waals surface area contributed by atoms with Gasteiger partial charge in [-0.2, -0.15) is 0 Å². The highest BCUT2D eigenvalue weighted by Crippen LogP contribution is 2.13. The highest BCUT2D eigenvalue weighted by Gasteiger charge is 2.11. The Bertz CT molecular complexity index is 396. The van der Waals surface area contributed by atoms with Crippen molar-refractivity contribution in [2.45, 2.75) is 33.3 Å². The molecule has 1 unspecified atom stereocenters. The van der Waals surface area contributed by atoms with Crippen molar-refractivity contribution in [1.82, 2.24) is 0 Å². The number of Topliss-reactive ketones (excluding diaryl/α,β-unsaturated/α-hetero) is 1. The minimum absolute atomic E-state index is 0.0330. The van der Waals surface area contributed by atoms with E-state index in [4.69, 9.17) is 4.74 Å². The van der Waals surface area contributed by atoms with E-state index in [0.717, 1.165) is 5.56 Å². The number of carbonyl (C=O) groups is 2. The zero-order valence-corrected chi connectivity index (χ0v) is 9.82. The van der Waals surface area contributed by atoms with E-state index in [1.807, 2.05) is 25.1 Å². The Balaban J connectivity index is 2.80. The fraction of sp³-hybridized carbons (Fsp3) is 0.385. The van der Waals surface area contributed by atoms with Crippen LogP contribution in [0.25, 0.3) is 0 Å². The first-order chi connectivity index (χ1) is 7.50. The maximum Gasteiger partial charge on any atom is 0.302 e. The molecule has 0 heterocycles. The van der Waals surface area contributed by atoms with E-state index in [2.05, 4.69) is 0 Å². The van der Waals surface area contributed by atoms with Crippen molar-refractivity contribution in [3.8, 4) is 0 Å². The third kappa shape index (κ3) is 3.50. The van der Waals surface area contributed by atoms with E-state index in [-0.39, 0.29) is 17.9 Å². The number of hydrogen-bond acceptors (Lipinski definition) is 3. The summed E-state index contributed by atoms with van der Waals surface area (Å²) >= 11 is 0. The molecule has 0 saturated heterocycles. The molecule has 0 spiro atoms. The number of carbonyl (C=O) groups excluding carboxylic acids is 2. The first-order valence-electron chi connectivity index (χ1n) is 5.26. The molecule has 0 fully saturated rings. The third-order valence-electron chi connectivity index (χ3n) is 2.27. The molecular weight excluding hydrogens is 204 g/mol. The van der Waals surface area contributed by atoms with Crippen LogP contribution in [-0.2, 0) is 16.0 Å². The predicted octanol–water partition coefficient (Wildman–Crippen LogP) is 2.38. The van der Waals surface area contributed by atoms with Crippen LogP contribution in [-0.4, -0.2) is 17.9 Å². The molecule has 0 aliphatic heterocycles. The molecule has 0 radical (unpaired) electrons. The summed E-state index contributed by atoms with van der Waals surface area (Å²) in [5.41, 5.74) is 1.62. The van der Waals surface area contributed by atoms with Crippen molar-refractivity contribution >= 4 is 11.8 Å². The molecule has 3 nitrogen and oxygen atoms in total. The van der Waals surface area contributed by atoms with Crippen molar-refractivity contribution < 1.29 is 14.3 Å². The molecule has 0 amide bonds. The molecular formula is C13H16O3. The maximum atomic E-state index is 11.4. The van der Waals surface area contributed by atoms with Crippen molar-refractivity contribution in [3.05, 3.63) is 35.4 Å². The lowest BCUT2D eigenvalue weighted by Crippen LogP contribution is -2.16. The van der Waals surface area contributed by atoms with Crippen LogP contribution < -0.4 is 0 Å². The Morgan fingerprint density at radius 2 is 1.88 bits per heavy atom. The molecule has 16 heavy (non-hydrogen) atoms. The van der Waals surface area contributed by atoms with Gasteiger partial charge in [-0.05, 0) is 19.4 Å². The fourth-order valence-corrected chi connectivity index (χ4v) is 1.68. The van der Waals surface area contributed by atoms with Gasteiger partial charge in [0.15, 0.2) is 5.78 Å². The van der Waals surface area contributed by atoms with Crippen LogP contribution in [0.3, 0.4) is 0 Å². The Labute approximate surface area is 95.4 Å². The smallest absolute Gasteiger partial charge is 0.302 e. The number of hydrogen-bond donors (Lipinski definition) is 0. The third-order valence-corrected chi connectivity index (χ3v) is 2.27. The summed E-state index contributed by atoms with van der Waals surface area (Å²) < 4.78 is 5.04. The molecule has 3 heteroatoms. The lowest BCUT2D eigenvalue weighted by molar-refractivity contribution is -0.145. The monoisotopic (exact) mass is 220 g/mol. The molecule has 1 rings (SSSR count). The summed E-state index contributed by atoms with van der Waals surface area (Å²) in [6.07, 6.45) is 0.355. The zero-order valence-electron chi connectivity index (χ0n) is 9.82. The van der Waals surface area contributed by atoms with Crippen LogP contribution in [0, 0.1) is 0 Å². The zero-order chi connectivity index (χ0) is 12.1. The van der Waals surface area contributed by atoms with Gasteiger partial charge in [0.25, 0.3) is 0 Å². The molecule has 1 aromatic carbocycles. The highest BCUT2D eigenvalue weighted by molar-refractivity contribution is 5.95. The van der Waals surface area contributed by atoms with Crippen LogP contribution >= 0.6 is 0 Å². The number of ether oxygens (including phenoxy) is 1. The van der Waals surface area contributed by atoms with Crippen LogP contribution in [0.5, 0.6) is 0 Å². The normalized spacial score (nSPS) is 11.9. The van der Waals surface area contributed by atoms with Gasteiger partial charge >= 0.3 is 5.97 Å². The van der Waals surface area contributed by atoms with Gasteiger partial charge in [-0.3, -0.25) is 9.59 Å². The van der Waals surface area contributed by atoms with Crippen molar-refractivity contribution in [2.75, 3.05) is 0 Å². The fourth-order valence-electron chi connectivity index (χ4n) is 1.68. The quantitative estimate of drug-likeness (QED) is 0.578. The van der Waals surface area contributed by atoms with Crippen LogP contribution in [0.15, 0.2) is 24.3 Å². The average Bonchev–Trinajstić information content (AvgIpc) is 2.16. The number of ketones is 1. The van der Waals surface area contributed by atoms with Gasteiger partial charge in [-0.15, -0.1) is 0 Å². The van der Waals surface area contributed by atoms with E-state index in [1.165, 1.54) is 13.8 Å². The topological polar surface area (TPSA) is 43.4 Å². The van der Waals surface area contributed by atoms with Gasteiger partial charge in [0.2, 0.25) is 0 Å². The molecule has 0 aromatic heterocycles. The van der Waals surface area contributed by atoms with Crippen LogP contribution in [0.2, 0.25) is 0 Å². The second-order valence-electron chi connectivity index (χ2n) is 3.84. The number of benzene rings is 1. The Kier molecular flexibility index (Phi) is 4.23. The molecule has 0 saturated carbocycles. The summed E-state index contributed by atoms with van der Waals surface area (Å²) in [7, 11) is 0. The lowest BCUT2D eigenvalue weighted by Gasteiger charge is -2.13. The van der Waals surface area contributed by atoms with Gasteiger partial charge in [0.05, 0.1) is 0 Å². The van der Waals surface area contributed by atoms with Crippen molar-refractivity contribution in [2.24, 2.45) is 0 Å². The SMILES string of the molecule is CC(=O)OC(C)Cc1ccccc1C(C)=O. The molecule has 0 aliphatic carbocycles. The van der Waals surface area contributed by atoms with Crippen LogP contribution in [0.4, 0.5) is 0 Å². The summed E-state index contributed by atoms with van der Waals surface area (Å²) in [6, 6.07) is 7.38. The van der Waals surface area contributed by atoms with Gasteiger partial charge in [0.1, 0.15) is 6.10 Å². The summed E-state index contributed by atoms with van der Waals surface area (Å²) in [5.74, 6) is -0.265. The van der Waals surface area contributed by atoms with Gasteiger partial charge in [-0.1, -0.05) is 24.3 Å². The van der Waals surface area contributed by atoms with Gasteiger partial charge in [0, 0.05) is 18.9 Å². The van der Waals surface area contributed by atoms with Crippen LogP contribution in [0.1, 0.15) is 36.7 Å². The van der Waals surface area contributed by atoms with E-state index in [9.17, 15) is 9.59 Å². The maximum absolute atomic E-state index is 11.4. The molecule has 1 atom stereocenters. The minimum atomic E-state index is -0.298. The molecule has 0 bridgehead atoms. The lowest BCUT2D eigenvalue weighted by atomic mass is 10.00. The minimum Gasteiger partial charge on any atom is -0.463 e. The van der Waals surface area contributed by atoms with Crippen molar-refractivity contribution in [3.63, 3.8) is 0 Å². The first-order valence-corrected chi connectivity index (χ1v) is 5.26. The van der Waals surface area contributed by atoms with Gasteiger partial charge in [-0.25, -0.2) is 0 Å². The Hall–Kier alpha value is -1.64. The average molecular weight is 220 g/mol. The summed E-state index contributed by atoms with van der Waals surface area (Å²) in [5, 5.41) is 0. The molecule has 0 N–H and O–H groups in total. The molecule has 1 aromatic rings. The predicted molar refractivity (Wildman–Crippen MR) is 61.4 cm³/mol. The van der Waals surface area contributed by atoms with E-state index >= 15 is 0 Å². The first kappa shape index (κ1) is 12.4. The Morgan fingerprint density at radius 3 is 2.44 bits per heavy atom. The van der Waals surface area contributed by atoms with E-state index in [0.29, 0.717) is 12.0 Å². The number of rotatable bonds is 4.